The van der Waals surface area contributed by atoms with E-state index in [9.17, 15) is 14.4 Å². The summed E-state index contributed by atoms with van der Waals surface area (Å²) in [6.07, 6.45) is 0.0907. The van der Waals surface area contributed by atoms with Crippen molar-refractivity contribution in [3.8, 4) is 0 Å². The number of hydrogen-bond donors (Lipinski definition) is 0. The summed E-state index contributed by atoms with van der Waals surface area (Å²) < 4.78 is 4.97. The number of hydrogen-bond acceptors (Lipinski definition) is 4. The number of nitrogens with zero attached hydrogens (tertiary/aromatic N) is 1. The maximum absolute atomic E-state index is 13.0. The van der Waals surface area contributed by atoms with Gasteiger partial charge in [-0.1, -0.05) is 48.5 Å². The van der Waals surface area contributed by atoms with Crippen molar-refractivity contribution in [1.29, 1.82) is 0 Å². The number of esters is 1. The molecule has 0 N–H and O–H groups in total. The zero-order chi connectivity index (χ0) is 18.5. The van der Waals surface area contributed by atoms with Gasteiger partial charge in [0.15, 0.2) is 0 Å². The molecule has 0 atom stereocenters. The Kier molecular flexibility index (Phi) is 5.27. The van der Waals surface area contributed by atoms with Crippen molar-refractivity contribution in [2.24, 2.45) is 0 Å². The normalized spacial score (nSPS) is 14.1. The lowest BCUT2D eigenvalue weighted by molar-refractivity contribution is -0.142. The monoisotopic (exact) mass is 349 g/mol. The van der Waals surface area contributed by atoms with Crippen LogP contribution in [0.25, 0.3) is 0 Å². The molecule has 2 aromatic carbocycles. The van der Waals surface area contributed by atoms with Gasteiger partial charge in [-0.25, -0.2) is 4.90 Å². The number of carbonyl (C=O) groups excluding carboxylic acids is 3. The zero-order valence-corrected chi connectivity index (χ0v) is 14.5. The Bertz CT molecular complexity index is 856. The molecular weight excluding hydrogens is 330 g/mol. The third kappa shape index (κ3) is 3.57. The van der Waals surface area contributed by atoms with E-state index < -0.39 is 11.9 Å². The van der Waals surface area contributed by atoms with Gasteiger partial charge < -0.3 is 4.74 Å². The van der Waals surface area contributed by atoms with Gasteiger partial charge in [0, 0.05) is 17.6 Å². The first-order valence-corrected chi connectivity index (χ1v) is 8.47. The van der Waals surface area contributed by atoms with Gasteiger partial charge in [-0.05, 0) is 24.6 Å². The lowest BCUT2D eigenvalue weighted by Gasteiger charge is -2.15. The molecule has 2 aromatic rings. The third-order valence-corrected chi connectivity index (χ3v) is 4.15. The second kappa shape index (κ2) is 7.78. The Balaban J connectivity index is 1.97. The van der Waals surface area contributed by atoms with E-state index in [0.29, 0.717) is 17.7 Å². The summed E-state index contributed by atoms with van der Waals surface area (Å²) in [4.78, 5) is 38.9. The van der Waals surface area contributed by atoms with E-state index in [1.807, 2.05) is 36.4 Å². The highest BCUT2D eigenvalue weighted by Gasteiger charge is 2.39. The van der Waals surface area contributed by atoms with E-state index in [0.717, 1.165) is 10.5 Å². The van der Waals surface area contributed by atoms with Crippen molar-refractivity contribution < 1.29 is 19.1 Å². The highest BCUT2D eigenvalue weighted by Crippen LogP contribution is 2.30. The summed E-state index contributed by atoms with van der Waals surface area (Å²) in [5.41, 5.74) is 1.95. The Labute approximate surface area is 151 Å². The molecule has 0 fully saturated rings. The van der Waals surface area contributed by atoms with Crippen LogP contribution in [0.4, 0.5) is 5.69 Å². The smallest absolute Gasteiger partial charge is 0.310 e. The minimum absolute atomic E-state index is 0.204. The first kappa shape index (κ1) is 17.6. The number of carbonyl (C=O) groups is 3. The number of ether oxygens (including phenoxy) is 1. The summed E-state index contributed by atoms with van der Waals surface area (Å²) >= 11 is 0. The number of para-hydroxylation sites is 1. The summed E-state index contributed by atoms with van der Waals surface area (Å²) in [5, 5.41) is 0. The van der Waals surface area contributed by atoms with Crippen LogP contribution in [0.3, 0.4) is 0 Å². The molecule has 0 saturated carbocycles. The molecule has 5 nitrogen and oxygen atoms in total. The fourth-order valence-corrected chi connectivity index (χ4v) is 2.95. The van der Waals surface area contributed by atoms with Crippen molar-refractivity contribution in [2.75, 3.05) is 11.5 Å². The average molecular weight is 349 g/mol. The molecule has 0 aliphatic carbocycles. The maximum atomic E-state index is 13.0. The molecule has 0 bridgehead atoms. The van der Waals surface area contributed by atoms with Gasteiger partial charge in [0.1, 0.15) is 0 Å². The topological polar surface area (TPSA) is 63.7 Å². The molecule has 132 valence electrons. The number of rotatable bonds is 6. The predicted molar refractivity (Wildman–Crippen MR) is 97.4 cm³/mol. The number of anilines is 1. The molecule has 1 aliphatic rings. The van der Waals surface area contributed by atoms with Crippen LogP contribution in [0.5, 0.6) is 0 Å². The van der Waals surface area contributed by atoms with Crippen molar-refractivity contribution in [2.45, 2.75) is 19.8 Å². The minimum Gasteiger partial charge on any atom is -0.466 e. The predicted octanol–water partition coefficient (Wildman–Crippen LogP) is 3.05. The molecular formula is C21H19NO4. The van der Waals surface area contributed by atoms with Gasteiger partial charge in [-0.3, -0.25) is 14.4 Å². The largest absolute Gasteiger partial charge is 0.466 e. The van der Waals surface area contributed by atoms with E-state index in [2.05, 4.69) is 0 Å². The van der Waals surface area contributed by atoms with Crippen LogP contribution in [0.1, 0.15) is 18.9 Å². The van der Waals surface area contributed by atoms with E-state index >= 15 is 0 Å². The lowest BCUT2D eigenvalue weighted by atomic mass is 10.00. The average Bonchev–Trinajstić information content (AvgIpc) is 2.87. The molecule has 3 rings (SSSR count). The van der Waals surface area contributed by atoms with Crippen molar-refractivity contribution >= 4 is 23.5 Å². The third-order valence-electron chi connectivity index (χ3n) is 4.15. The maximum Gasteiger partial charge on any atom is 0.310 e. The summed E-state index contributed by atoms with van der Waals surface area (Å²) in [6.45, 7) is 1.93. The van der Waals surface area contributed by atoms with Crippen LogP contribution >= 0.6 is 0 Å². The van der Waals surface area contributed by atoms with Gasteiger partial charge in [-0.15, -0.1) is 0 Å². The van der Waals surface area contributed by atoms with Gasteiger partial charge in [0.2, 0.25) is 0 Å². The van der Waals surface area contributed by atoms with Crippen LogP contribution in [-0.4, -0.2) is 24.4 Å². The Hall–Kier alpha value is -3.21. The molecule has 0 saturated heterocycles. The number of benzene rings is 2. The minimum atomic E-state index is -0.510. The second-order valence-electron chi connectivity index (χ2n) is 5.88. The van der Waals surface area contributed by atoms with Gasteiger partial charge in [-0.2, -0.15) is 0 Å². The molecule has 26 heavy (non-hydrogen) atoms. The van der Waals surface area contributed by atoms with Crippen LogP contribution < -0.4 is 4.90 Å². The molecule has 2 amide bonds. The first-order valence-electron chi connectivity index (χ1n) is 8.47. The second-order valence-corrected chi connectivity index (χ2v) is 5.88. The van der Waals surface area contributed by atoms with Crippen molar-refractivity contribution in [3.63, 3.8) is 0 Å². The quantitative estimate of drug-likeness (QED) is 0.594. The van der Waals surface area contributed by atoms with Gasteiger partial charge in [0.05, 0.1) is 18.7 Å². The summed E-state index contributed by atoms with van der Waals surface area (Å²) in [5.74, 6) is -1.35. The van der Waals surface area contributed by atoms with Crippen LogP contribution in [-0.2, 0) is 25.5 Å². The summed E-state index contributed by atoms with van der Waals surface area (Å²) in [6, 6.07) is 18.1. The van der Waals surface area contributed by atoms with Gasteiger partial charge >= 0.3 is 5.97 Å². The van der Waals surface area contributed by atoms with E-state index in [1.165, 1.54) is 0 Å². The van der Waals surface area contributed by atoms with Gasteiger partial charge in [0.25, 0.3) is 11.8 Å². The van der Waals surface area contributed by atoms with E-state index in [4.69, 9.17) is 4.74 Å². The Morgan fingerprint density at radius 1 is 0.885 bits per heavy atom. The number of amides is 2. The molecule has 5 heteroatoms. The number of imide groups is 1. The van der Waals surface area contributed by atoms with Crippen LogP contribution in [0, 0.1) is 0 Å². The highest BCUT2D eigenvalue weighted by atomic mass is 16.5. The SMILES string of the molecule is CCOC(=O)CC1=C(Cc2ccccc2)C(=O)N(c2ccccc2)C1=O. The first-order chi connectivity index (χ1) is 12.6. The molecule has 1 aliphatic heterocycles. The van der Waals surface area contributed by atoms with Crippen LogP contribution in [0.2, 0.25) is 0 Å². The molecule has 0 unspecified atom stereocenters. The molecule has 1 heterocycles. The fourth-order valence-electron chi connectivity index (χ4n) is 2.95. The lowest BCUT2D eigenvalue weighted by Crippen LogP contribution is -2.32. The zero-order valence-electron chi connectivity index (χ0n) is 14.5. The Morgan fingerprint density at radius 3 is 2.08 bits per heavy atom. The van der Waals surface area contributed by atoms with Crippen LogP contribution in [0.15, 0.2) is 71.8 Å². The van der Waals surface area contributed by atoms with E-state index in [-0.39, 0.29) is 24.5 Å². The Morgan fingerprint density at radius 2 is 1.46 bits per heavy atom. The highest BCUT2D eigenvalue weighted by molar-refractivity contribution is 6.33. The summed E-state index contributed by atoms with van der Waals surface area (Å²) in [7, 11) is 0. The standard InChI is InChI=1S/C21H19NO4/c1-2-26-19(23)14-18-17(13-15-9-5-3-6-10-15)20(24)22(21(18)25)16-11-7-4-8-12-16/h3-12H,2,13-14H2,1H3. The molecule has 0 radical (unpaired) electrons. The van der Waals surface area contributed by atoms with E-state index in [1.54, 1.807) is 31.2 Å². The molecule has 0 aromatic heterocycles. The van der Waals surface area contributed by atoms with Crippen molar-refractivity contribution in [1.82, 2.24) is 0 Å². The molecule has 0 spiro atoms. The fraction of sp³-hybridized carbons (Fsp3) is 0.190. The van der Waals surface area contributed by atoms with Crippen molar-refractivity contribution in [3.05, 3.63) is 77.4 Å².